The highest BCUT2D eigenvalue weighted by molar-refractivity contribution is 5.79. The minimum Gasteiger partial charge on any atom is -0.356 e. The van der Waals surface area contributed by atoms with Gasteiger partial charge in [-0.05, 0) is 31.6 Å². The van der Waals surface area contributed by atoms with Crippen LogP contribution >= 0.6 is 0 Å². The molecule has 1 saturated carbocycles. The summed E-state index contributed by atoms with van der Waals surface area (Å²) >= 11 is 0. The summed E-state index contributed by atoms with van der Waals surface area (Å²) in [5.41, 5.74) is 5.81. The van der Waals surface area contributed by atoms with E-state index in [-0.39, 0.29) is 36.8 Å². The van der Waals surface area contributed by atoms with Gasteiger partial charge >= 0.3 is 6.18 Å². The molecule has 0 bridgehead atoms. The largest absolute Gasteiger partial charge is 0.389 e. The molecule has 1 rings (SSSR count). The topological polar surface area (TPSA) is 55.1 Å². The molecule has 3 atom stereocenters. The highest BCUT2D eigenvalue weighted by atomic mass is 19.4. The van der Waals surface area contributed by atoms with E-state index < -0.39 is 12.6 Å². The maximum atomic E-state index is 11.9. The van der Waals surface area contributed by atoms with Gasteiger partial charge in [-0.1, -0.05) is 6.92 Å². The first-order chi connectivity index (χ1) is 8.29. The summed E-state index contributed by atoms with van der Waals surface area (Å²) in [6.07, 6.45) is -2.62. The van der Waals surface area contributed by atoms with Gasteiger partial charge in [0.05, 0.1) is 0 Å². The normalized spacial score (nSPS) is 29.1. The van der Waals surface area contributed by atoms with Gasteiger partial charge in [-0.2, -0.15) is 13.2 Å². The molecule has 18 heavy (non-hydrogen) atoms. The van der Waals surface area contributed by atoms with Crippen LogP contribution in [0.3, 0.4) is 0 Å². The van der Waals surface area contributed by atoms with E-state index in [0.717, 1.165) is 12.8 Å². The van der Waals surface area contributed by atoms with Crippen LogP contribution in [0.25, 0.3) is 0 Å². The summed E-state index contributed by atoms with van der Waals surface area (Å²) in [6.45, 7) is 2.07. The van der Waals surface area contributed by atoms with Crippen molar-refractivity contribution in [1.82, 2.24) is 5.32 Å². The Bertz CT molecular complexity index is 281. The van der Waals surface area contributed by atoms with E-state index in [1.165, 1.54) is 0 Å². The van der Waals surface area contributed by atoms with E-state index in [4.69, 9.17) is 5.73 Å². The van der Waals surface area contributed by atoms with Crippen LogP contribution in [0.4, 0.5) is 13.2 Å². The van der Waals surface area contributed by atoms with Crippen LogP contribution in [-0.4, -0.2) is 24.7 Å². The number of carbonyl (C=O) groups excluding carboxylic acids is 1. The molecule has 0 aliphatic heterocycles. The van der Waals surface area contributed by atoms with Crippen molar-refractivity contribution >= 4 is 5.91 Å². The van der Waals surface area contributed by atoms with Crippen molar-refractivity contribution in [2.75, 3.05) is 6.54 Å². The summed E-state index contributed by atoms with van der Waals surface area (Å²) in [7, 11) is 0. The third-order valence-electron chi connectivity index (χ3n) is 3.51. The summed E-state index contributed by atoms with van der Waals surface area (Å²) in [6, 6.07) is 0.0344. The standard InChI is InChI=1S/C12H21F3N2O/c1-8-3-4-9(16)7-10(8)11(18)17-6-2-5-12(13,14)15/h8-10H,2-7,16H2,1H3,(H,17,18). The zero-order valence-electron chi connectivity index (χ0n) is 10.6. The number of nitrogens with one attached hydrogen (secondary N) is 1. The molecule has 3 unspecified atom stereocenters. The Morgan fingerprint density at radius 1 is 1.39 bits per heavy atom. The Morgan fingerprint density at radius 3 is 2.67 bits per heavy atom. The molecule has 0 saturated heterocycles. The number of amides is 1. The van der Waals surface area contributed by atoms with Crippen molar-refractivity contribution in [2.24, 2.45) is 17.6 Å². The van der Waals surface area contributed by atoms with E-state index in [0.29, 0.717) is 6.42 Å². The lowest BCUT2D eigenvalue weighted by Gasteiger charge is -2.31. The second-order valence-corrected chi connectivity index (χ2v) is 5.17. The van der Waals surface area contributed by atoms with Gasteiger partial charge in [0, 0.05) is 24.9 Å². The summed E-state index contributed by atoms with van der Waals surface area (Å²) in [4.78, 5) is 11.8. The fourth-order valence-electron chi connectivity index (χ4n) is 2.35. The maximum absolute atomic E-state index is 11.9. The molecule has 0 heterocycles. The summed E-state index contributed by atoms with van der Waals surface area (Å²) in [5.74, 6) is -0.0492. The van der Waals surface area contributed by atoms with E-state index in [2.05, 4.69) is 5.32 Å². The zero-order chi connectivity index (χ0) is 13.8. The van der Waals surface area contributed by atoms with Gasteiger partial charge in [0.25, 0.3) is 0 Å². The zero-order valence-corrected chi connectivity index (χ0v) is 10.6. The quantitative estimate of drug-likeness (QED) is 0.766. The van der Waals surface area contributed by atoms with Gasteiger partial charge < -0.3 is 11.1 Å². The molecular formula is C12H21F3N2O. The molecule has 0 spiro atoms. The Kier molecular flexibility index (Phi) is 5.44. The van der Waals surface area contributed by atoms with Crippen LogP contribution in [0.1, 0.15) is 39.0 Å². The second-order valence-electron chi connectivity index (χ2n) is 5.17. The number of nitrogens with two attached hydrogens (primary N) is 1. The molecule has 1 aliphatic rings. The molecule has 3 N–H and O–H groups in total. The van der Waals surface area contributed by atoms with Crippen LogP contribution in [0, 0.1) is 11.8 Å². The number of halogens is 3. The van der Waals surface area contributed by atoms with Gasteiger partial charge in [-0.3, -0.25) is 4.79 Å². The fourth-order valence-corrected chi connectivity index (χ4v) is 2.35. The second kappa shape index (κ2) is 6.41. The SMILES string of the molecule is CC1CCC(N)CC1C(=O)NCCCC(F)(F)F. The van der Waals surface area contributed by atoms with Crippen molar-refractivity contribution in [3.05, 3.63) is 0 Å². The molecule has 0 radical (unpaired) electrons. The first kappa shape index (κ1) is 15.3. The van der Waals surface area contributed by atoms with E-state index in [9.17, 15) is 18.0 Å². The molecule has 106 valence electrons. The van der Waals surface area contributed by atoms with Gasteiger partial charge in [0.15, 0.2) is 0 Å². The third-order valence-corrected chi connectivity index (χ3v) is 3.51. The number of hydrogen-bond acceptors (Lipinski definition) is 2. The molecule has 0 aromatic rings. The summed E-state index contributed by atoms with van der Waals surface area (Å²) in [5, 5.41) is 2.58. The lowest BCUT2D eigenvalue weighted by Crippen LogP contribution is -2.41. The molecule has 1 aliphatic carbocycles. The van der Waals surface area contributed by atoms with Gasteiger partial charge in [-0.25, -0.2) is 0 Å². The van der Waals surface area contributed by atoms with Crippen molar-refractivity contribution < 1.29 is 18.0 Å². The maximum Gasteiger partial charge on any atom is 0.389 e. The van der Waals surface area contributed by atoms with Crippen molar-refractivity contribution in [1.29, 1.82) is 0 Å². The summed E-state index contributed by atoms with van der Waals surface area (Å²) < 4.78 is 35.8. The number of carbonyl (C=O) groups is 1. The highest BCUT2D eigenvalue weighted by Crippen LogP contribution is 2.29. The third kappa shape index (κ3) is 5.25. The minimum atomic E-state index is -4.15. The molecule has 1 fully saturated rings. The van der Waals surface area contributed by atoms with E-state index in [1.807, 2.05) is 6.92 Å². The van der Waals surface area contributed by atoms with Gasteiger partial charge in [0.2, 0.25) is 5.91 Å². The molecule has 0 aromatic carbocycles. The van der Waals surface area contributed by atoms with Crippen LogP contribution < -0.4 is 11.1 Å². The first-order valence-electron chi connectivity index (χ1n) is 6.39. The Labute approximate surface area is 105 Å². The minimum absolute atomic E-state index is 0.0344. The fraction of sp³-hybridized carbons (Fsp3) is 0.917. The van der Waals surface area contributed by atoms with Crippen LogP contribution in [-0.2, 0) is 4.79 Å². The lowest BCUT2D eigenvalue weighted by atomic mass is 9.78. The van der Waals surface area contributed by atoms with Crippen molar-refractivity contribution in [2.45, 2.75) is 51.2 Å². The van der Waals surface area contributed by atoms with Gasteiger partial charge in [0.1, 0.15) is 0 Å². The highest BCUT2D eigenvalue weighted by Gasteiger charge is 2.31. The van der Waals surface area contributed by atoms with Crippen molar-refractivity contribution in [3.8, 4) is 0 Å². The van der Waals surface area contributed by atoms with E-state index in [1.54, 1.807) is 0 Å². The average molecular weight is 266 g/mol. The first-order valence-corrected chi connectivity index (χ1v) is 6.39. The number of alkyl halides is 3. The van der Waals surface area contributed by atoms with Gasteiger partial charge in [-0.15, -0.1) is 0 Å². The smallest absolute Gasteiger partial charge is 0.356 e. The number of rotatable bonds is 4. The lowest BCUT2D eigenvalue weighted by molar-refractivity contribution is -0.137. The van der Waals surface area contributed by atoms with Crippen LogP contribution in [0.15, 0.2) is 0 Å². The molecule has 0 aromatic heterocycles. The Morgan fingerprint density at radius 2 is 2.06 bits per heavy atom. The monoisotopic (exact) mass is 266 g/mol. The Hall–Kier alpha value is -0.780. The molecule has 1 amide bonds. The van der Waals surface area contributed by atoms with Crippen LogP contribution in [0.5, 0.6) is 0 Å². The molecule has 6 heteroatoms. The van der Waals surface area contributed by atoms with Crippen LogP contribution in [0.2, 0.25) is 0 Å². The number of hydrogen-bond donors (Lipinski definition) is 2. The predicted octanol–water partition coefficient (Wildman–Crippen LogP) is 2.21. The molecule has 3 nitrogen and oxygen atoms in total. The average Bonchev–Trinajstić information content (AvgIpc) is 2.26. The predicted molar refractivity (Wildman–Crippen MR) is 62.8 cm³/mol. The molecular weight excluding hydrogens is 245 g/mol. The van der Waals surface area contributed by atoms with Crippen molar-refractivity contribution in [3.63, 3.8) is 0 Å². The van der Waals surface area contributed by atoms with E-state index >= 15 is 0 Å². The Balaban J connectivity index is 2.27.